The summed E-state index contributed by atoms with van der Waals surface area (Å²) in [6, 6.07) is 0.539. The van der Waals surface area contributed by atoms with Gasteiger partial charge in [-0.2, -0.15) is 11.8 Å². The van der Waals surface area contributed by atoms with Gasteiger partial charge in [-0.3, -0.25) is 4.79 Å². The summed E-state index contributed by atoms with van der Waals surface area (Å²) in [5.41, 5.74) is 0. The lowest BCUT2D eigenvalue weighted by Crippen LogP contribution is -2.41. The lowest BCUT2D eigenvalue weighted by atomic mass is 10.2. The van der Waals surface area contributed by atoms with Crippen LogP contribution in [-0.4, -0.2) is 36.0 Å². The number of carbonyl (C=O) groups is 1. The molecule has 1 aliphatic carbocycles. The number of amides is 1. The highest BCUT2D eigenvalue weighted by Gasteiger charge is 2.26. The van der Waals surface area contributed by atoms with Crippen LogP contribution in [0.25, 0.3) is 0 Å². The van der Waals surface area contributed by atoms with E-state index in [0.717, 1.165) is 19.4 Å². The van der Waals surface area contributed by atoms with E-state index in [1.165, 1.54) is 25.0 Å². The molecule has 1 aliphatic rings. The molecule has 0 aromatic rings. The Labute approximate surface area is 109 Å². The van der Waals surface area contributed by atoms with Gasteiger partial charge in [-0.15, -0.1) is 0 Å². The van der Waals surface area contributed by atoms with Crippen LogP contribution in [0.15, 0.2) is 0 Å². The number of carbonyl (C=O) groups excluding carboxylic acids is 1. The lowest BCUT2D eigenvalue weighted by molar-refractivity contribution is -0.120. The van der Waals surface area contributed by atoms with Crippen molar-refractivity contribution in [2.24, 2.45) is 0 Å². The molecule has 2 atom stereocenters. The largest absolute Gasteiger partial charge is 0.355 e. The van der Waals surface area contributed by atoms with E-state index in [9.17, 15) is 4.79 Å². The average molecular weight is 258 g/mol. The predicted octanol–water partition coefficient (Wildman–Crippen LogP) is 2.17. The SMILES string of the molecule is CCCCNC(=O)CNC1CCCC1SCC. The Balaban J connectivity index is 2.14. The molecule has 17 heavy (non-hydrogen) atoms. The summed E-state index contributed by atoms with van der Waals surface area (Å²) in [7, 11) is 0. The Morgan fingerprint density at radius 1 is 1.35 bits per heavy atom. The van der Waals surface area contributed by atoms with Crippen molar-refractivity contribution in [2.75, 3.05) is 18.8 Å². The highest BCUT2D eigenvalue weighted by Crippen LogP contribution is 2.29. The smallest absolute Gasteiger partial charge is 0.233 e. The second-order valence-corrected chi connectivity index (χ2v) is 6.13. The molecular weight excluding hydrogens is 232 g/mol. The third-order valence-corrected chi connectivity index (χ3v) is 4.54. The Morgan fingerprint density at radius 2 is 2.18 bits per heavy atom. The molecule has 1 rings (SSSR count). The van der Waals surface area contributed by atoms with Crippen molar-refractivity contribution in [1.82, 2.24) is 10.6 Å². The molecule has 2 N–H and O–H groups in total. The van der Waals surface area contributed by atoms with Gasteiger partial charge >= 0.3 is 0 Å². The minimum absolute atomic E-state index is 0.144. The summed E-state index contributed by atoms with van der Waals surface area (Å²) in [4.78, 5) is 11.6. The van der Waals surface area contributed by atoms with Crippen LogP contribution >= 0.6 is 11.8 Å². The number of hydrogen-bond acceptors (Lipinski definition) is 3. The van der Waals surface area contributed by atoms with Gasteiger partial charge in [-0.25, -0.2) is 0 Å². The predicted molar refractivity (Wildman–Crippen MR) is 75.5 cm³/mol. The molecule has 1 fully saturated rings. The van der Waals surface area contributed by atoms with E-state index in [1.807, 2.05) is 11.8 Å². The molecule has 0 aromatic heterocycles. The van der Waals surface area contributed by atoms with Crippen molar-refractivity contribution in [3.63, 3.8) is 0 Å². The first-order valence-corrected chi connectivity index (χ1v) is 7.94. The van der Waals surface area contributed by atoms with E-state index in [2.05, 4.69) is 24.5 Å². The van der Waals surface area contributed by atoms with E-state index in [1.54, 1.807) is 0 Å². The molecule has 4 heteroatoms. The summed E-state index contributed by atoms with van der Waals surface area (Å²) in [6.07, 6.45) is 6.02. The number of hydrogen-bond donors (Lipinski definition) is 2. The molecule has 3 nitrogen and oxygen atoms in total. The van der Waals surface area contributed by atoms with Crippen molar-refractivity contribution in [2.45, 2.75) is 57.2 Å². The zero-order valence-corrected chi connectivity index (χ0v) is 11.9. The molecule has 0 radical (unpaired) electrons. The second-order valence-electron chi connectivity index (χ2n) is 4.62. The zero-order valence-electron chi connectivity index (χ0n) is 11.1. The highest BCUT2D eigenvalue weighted by molar-refractivity contribution is 7.99. The Bertz CT molecular complexity index is 223. The molecular formula is C13H26N2OS. The first kappa shape index (κ1) is 14.8. The van der Waals surface area contributed by atoms with E-state index >= 15 is 0 Å². The van der Waals surface area contributed by atoms with Gasteiger partial charge in [0.15, 0.2) is 0 Å². The van der Waals surface area contributed by atoms with Crippen molar-refractivity contribution >= 4 is 17.7 Å². The van der Waals surface area contributed by atoms with Crippen LogP contribution in [0.1, 0.15) is 46.0 Å². The Morgan fingerprint density at radius 3 is 2.88 bits per heavy atom. The average Bonchev–Trinajstić information content (AvgIpc) is 2.75. The normalized spacial score (nSPS) is 23.9. The van der Waals surface area contributed by atoms with Gasteiger partial charge < -0.3 is 10.6 Å². The van der Waals surface area contributed by atoms with E-state index in [-0.39, 0.29) is 5.91 Å². The molecule has 0 heterocycles. The molecule has 0 bridgehead atoms. The number of rotatable bonds is 8. The van der Waals surface area contributed by atoms with Crippen LogP contribution in [0, 0.1) is 0 Å². The van der Waals surface area contributed by atoms with E-state index in [4.69, 9.17) is 0 Å². The molecule has 1 saturated carbocycles. The van der Waals surface area contributed by atoms with Gasteiger partial charge in [0, 0.05) is 17.8 Å². The third kappa shape index (κ3) is 5.77. The minimum atomic E-state index is 0.144. The van der Waals surface area contributed by atoms with Gasteiger partial charge in [-0.05, 0) is 25.0 Å². The fourth-order valence-electron chi connectivity index (χ4n) is 2.26. The van der Waals surface area contributed by atoms with Gasteiger partial charge in [0.2, 0.25) is 5.91 Å². The van der Waals surface area contributed by atoms with Gasteiger partial charge in [0.05, 0.1) is 6.54 Å². The topological polar surface area (TPSA) is 41.1 Å². The third-order valence-electron chi connectivity index (χ3n) is 3.21. The lowest BCUT2D eigenvalue weighted by Gasteiger charge is -2.19. The fourth-order valence-corrected chi connectivity index (χ4v) is 3.49. The molecule has 1 amide bonds. The Kier molecular flexibility index (Phi) is 7.69. The van der Waals surface area contributed by atoms with E-state index in [0.29, 0.717) is 17.8 Å². The zero-order chi connectivity index (χ0) is 12.5. The van der Waals surface area contributed by atoms with Crippen LogP contribution in [0.3, 0.4) is 0 Å². The van der Waals surface area contributed by atoms with Crippen LogP contribution < -0.4 is 10.6 Å². The van der Waals surface area contributed by atoms with Crippen molar-refractivity contribution in [3.05, 3.63) is 0 Å². The van der Waals surface area contributed by atoms with Crippen LogP contribution in [-0.2, 0) is 4.79 Å². The van der Waals surface area contributed by atoms with Crippen LogP contribution in [0.4, 0.5) is 0 Å². The maximum Gasteiger partial charge on any atom is 0.233 e. The fraction of sp³-hybridized carbons (Fsp3) is 0.923. The maximum absolute atomic E-state index is 11.6. The van der Waals surface area contributed by atoms with Gasteiger partial charge in [0.25, 0.3) is 0 Å². The molecule has 100 valence electrons. The first-order chi connectivity index (χ1) is 8.27. The molecule has 0 aliphatic heterocycles. The number of unbranched alkanes of at least 4 members (excludes halogenated alkanes) is 1. The highest BCUT2D eigenvalue weighted by atomic mass is 32.2. The van der Waals surface area contributed by atoms with Crippen LogP contribution in [0.5, 0.6) is 0 Å². The van der Waals surface area contributed by atoms with Crippen molar-refractivity contribution in [1.29, 1.82) is 0 Å². The summed E-state index contributed by atoms with van der Waals surface area (Å²) >= 11 is 2.03. The summed E-state index contributed by atoms with van der Waals surface area (Å²) in [5, 5.41) is 7.07. The monoisotopic (exact) mass is 258 g/mol. The quantitative estimate of drug-likeness (QED) is 0.656. The molecule has 0 spiro atoms. The number of thioether (sulfide) groups is 1. The molecule has 0 saturated heterocycles. The number of nitrogens with one attached hydrogen (secondary N) is 2. The van der Waals surface area contributed by atoms with Crippen molar-refractivity contribution in [3.8, 4) is 0 Å². The van der Waals surface area contributed by atoms with Gasteiger partial charge in [0.1, 0.15) is 0 Å². The van der Waals surface area contributed by atoms with E-state index < -0.39 is 0 Å². The van der Waals surface area contributed by atoms with Gasteiger partial charge in [-0.1, -0.05) is 26.7 Å². The Hall–Kier alpha value is -0.220. The van der Waals surface area contributed by atoms with Crippen molar-refractivity contribution < 1.29 is 4.79 Å². The molecule has 0 aromatic carbocycles. The first-order valence-electron chi connectivity index (χ1n) is 6.89. The minimum Gasteiger partial charge on any atom is -0.355 e. The maximum atomic E-state index is 11.6. The standard InChI is InChI=1S/C13H26N2OS/c1-3-5-9-14-13(16)10-15-11-7-6-8-12(11)17-4-2/h11-12,15H,3-10H2,1-2H3,(H,14,16). The van der Waals surface area contributed by atoms with Crippen LogP contribution in [0.2, 0.25) is 0 Å². The summed E-state index contributed by atoms with van der Waals surface area (Å²) in [6.45, 7) is 5.64. The summed E-state index contributed by atoms with van der Waals surface area (Å²) < 4.78 is 0. The summed E-state index contributed by atoms with van der Waals surface area (Å²) in [5.74, 6) is 1.32. The molecule has 2 unspecified atom stereocenters. The second kappa shape index (κ2) is 8.81.